The van der Waals surface area contributed by atoms with E-state index in [0.29, 0.717) is 0 Å². The number of nitriles is 1. The van der Waals surface area contributed by atoms with Gasteiger partial charge in [-0.05, 0) is 81.0 Å². The predicted octanol–water partition coefficient (Wildman–Crippen LogP) is 4.06. The second-order valence-electron chi connectivity index (χ2n) is 8.41. The number of hydrogen-bond acceptors (Lipinski definition) is 2. The van der Waals surface area contributed by atoms with Crippen molar-refractivity contribution in [2.24, 2.45) is 35.0 Å². The van der Waals surface area contributed by atoms with Crippen molar-refractivity contribution < 1.29 is 5.11 Å². The fourth-order valence-electron chi connectivity index (χ4n) is 6.40. The first kappa shape index (κ1) is 13.8. The lowest BCUT2D eigenvalue weighted by molar-refractivity contribution is -0.0451. The Balaban J connectivity index is 1.56. The summed E-state index contributed by atoms with van der Waals surface area (Å²) in [5.74, 6) is 4.05. The monoisotopic (exact) mass is 285 g/mol. The third-order valence-electron chi connectivity index (χ3n) is 7.58. The van der Waals surface area contributed by atoms with Gasteiger partial charge in [0.1, 0.15) is 0 Å². The number of aliphatic hydroxyl groups is 1. The molecule has 4 rings (SSSR count). The van der Waals surface area contributed by atoms with Crippen LogP contribution in [0.2, 0.25) is 0 Å². The van der Waals surface area contributed by atoms with Crippen LogP contribution in [-0.4, -0.2) is 11.2 Å². The third-order valence-corrected chi connectivity index (χ3v) is 7.58. The second-order valence-corrected chi connectivity index (χ2v) is 8.41. The Morgan fingerprint density at radius 3 is 2.81 bits per heavy atom. The molecule has 0 spiro atoms. The summed E-state index contributed by atoms with van der Waals surface area (Å²) in [5, 5.41) is 19.4. The Bertz CT molecular complexity index is 504. The van der Waals surface area contributed by atoms with E-state index >= 15 is 0 Å². The molecule has 2 heteroatoms. The van der Waals surface area contributed by atoms with E-state index in [1.54, 1.807) is 0 Å². The molecular formula is C19H27NO. The van der Waals surface area contributed by atoms with Crippen LogP contribution in [0.15, 0.2) is 11.6 Å². The van der Waals surface area contributed by atoms with Crippen LogP contribution in [0.4, 0.5) is 0 Å². The first-order valence-electron chi connectivity index (χ1n) is 8.90. The highest BCUT2D eigenvalue weighted by Gasteiger charge is 2.53. The molecule has 3 fully saturated rings. The van der Waals surface area contributed by atoms with Crippen LogP contribution in [0.5, 0.6) is 0 Å². The standard InChI is InChI=1S/C19H27NO/c1-19-7-6-13-8-14-9-16(21)4-2-12(14)10-17(13)18(19)5-3-15(19)11-20/h3,12-14,16-18,21H,2,4-10H2,1H3/t12-,13+,14+,16-,17+,18-,19+/m1/s1. The molecule has 0 radical (unpaired) electrons. The van der Waals surface area contributed by atoms with Gasteiger partial charge in [0.25, 0.3) is 0 Å². The largest absolute Gasteiger partial charge is 0.393 e. The predicted molar refractivity (Wildman–Crippen MR) is 82.2 cm³/mol. The first-order valence-corrected chi connectivity index (χ1v) is 8.90. The lowest BCUT2D eigenvalue weighted by Crippen LogP contribution is -2.46. The summed E-state index contributed by atoms with van der Waals surface area (Å²) in [7, 11) is 0. The van der Waals surface area contributed by atoms with Gasteiger partial charge in [-0.25, -0.2) is 0 Å². The maximum absolute atomic E-state index is 9.96. The number of aliphatic hydroxyl groups excluding tert-OH is 1. The van der Waals surface area contributed by atoms with Gasteiger partial charge in [0.2, 0.25) is 0 Å². The molecule has 114 valence electrons. The van der Waals surface area contributed by atoms with Gasteiger partial charge >= 0.3 is 0 Å². The van der Waals surface area contributed by atoms with Crippen molar-refractivity contribution in [3.63, 3.8) is 0 Å². The molecule has 0 heterocycles. The molecule has 21 heavy (non-hydrogen) atoms. The van der Waals surface area contributed by atoms with E-state index < -0.39 is 0 Å². The van der Waals surface area contributed by atoms with Crippen LogP contribution in [-0.2, 0) is 0 Å². The second kappa shape index (κ2) is 4.85. The molecule has 1 N–H and O–H groups in total. The molecule has 3 saturated carbocycles. The minimum absolute atomic E-state index is 0.0324. The van der Waals surface area contributed by atoms with Crippen molar-refractivity contribution in [3.05, 3.63) is 11.6 Å². The van der Waals surface area contributed by atoms with E-state index in [1.807, 2.05) is 0 Å². The Morgan fingerprint density at radius 1 is 1.14 bits per heavy atom. The Morgan fingerprint density at radius 2 is 2.00 bits per heavy atom. The molecule has 0 aromatic heterocycles. The first-order chi connectivity index (χ1) is 10.1. The zero-order valence-corrected chi connectivity index (χ0v) is 13.1. The van der Waals surface area contributed by atoms with Crippen molar-refractivity contribution in [3.8, 4) is 6.07 Å². The number of fused-ring (bicyclic) bond motifs is 4. The molecule has 0 aromatic carbocycles. The summed E-state index contributed by atoms with van der Waals surface area (Å²) in [6, 6.07) is 2.49. The molecule has 0 saturated heterocycles. The number of rotatable bonds is 0. The average molecular weight is 285 g/mol. The van der Waals surface area contributed by atoms with E-state index in [4.69, 9.17) is 0 Å². The van der Waals surface area contributed by atoms with Crippen molar-refractivity contribution in [1.29, 1.82) is 5.26 Å². The zero-order valence-electron chi connectivity index (χ0n) is 13.1. The Labute approximate surface area is 128 Å². The summed E-state index contributed by atoms with van der Waals surface area (Å²) in [4.78, 5) is 0. The van der Waals surface area contributed by atoms with Gasteiger partial charge in [0.05, 0.1) is 12.2 Å². The highest BCUT2D eigenvalue weighted by Crippen LogP contribution is 2.61. The van der Waals surface area contributed by atoms with E-state index in [0.717, 1.165) is 54.4 Å². The van der Waals surface area contributed by atoms with Crippen LogP contribution < -0.4 is 0 Å². The molecular weight excluding hydrogens is 258 g/mol. The maximum Gasteiger partial charge on any atom is 0.0949 e. The average Bonchev–Trinajstić information content (AvgIpc) is 2.82. The van der Waals surface area contributed by atoms with Gasteiger partial charge in [-0.15, -0.1) is 0 Å². The molecule has 0 aromatic rings. The fourth-order valence-corrected chi connectivity index (χ4v) is 6.40. The van der Waals surface area contributed by atoms with Crippen molar-refractivity contribution >= 4 is 0 Å². The molecule has 0 amide bonds. The highest BCUT2D eigenvalue weighted by atomic mass is 16.3. The zero-order chi connectivity index (χ0) is 14.6. The topological polar surface area (TPSA) is 44.0 Å². The summed E-state index contributed by atoms with van der Waals surface area (Å²) in [6.07, 6.45) is 11.9. The summed E-state index contributed by atoms with van der Waals surface area (Å²) in [5.41, 5.74) is 1.25. The summed E-state index contributed by atoms with van der Waals surface area (Å²) in [6.45, 7) is 2.35. The van der Waals surface area contributed by atoms with Gasteiger partial charge in [0.15, 0.2) is 0 Å². The van der Waals surface area contributed by atoms with Crippen molar-refractivity contribution in [2.45, 2.75) is 64.4 Å². The number of nitrogens with zero attached hydrogens (tertiary/aromatic N) is 1. The van der Waals surface area contributed by atoms with Gasteiger partial charge in [-0.3, -0.25) is 0 Å². The number of hydrogen-bond donors (Lipinski definition) is 1. The van der Waals surface area contributed by atoms with Crippen molar-refractivity contribution in [2.75, 3.05) is 0 Å². The molecule has 4 aliphatic rings. The van der Waals surface area contributed by atoms with Gasteiger partial charge in [0, 0.05) is 11.0 Å². The molecule has 4 aliphatic carbocycles. The summed E-state index contributed by atoms with van der Waals surface area (Å²) >= 11 is 0. The van der Waals surface area contributed by atoms with E-state index in [2.05, 4.69) is 19.1 Å². The van der Waals surface area contributed by atoms with E-state index in [9.17, 15) is 10.4 Å². The van der Waals surface area contributed by atoms with Crippen LogP contribution in [0.25, 0.3) is 0 Å². The lowest BCUT2D eigenvalue weighted by Gasteiger charge is -2.53. The summed E-state index contributed by atoms with van der Waals surface area (Å²) < 4.78 is 0. The van der Waals surface area contributed by atoms with Crippen molar-refractivity contribution in [1.82, 2.24) is 0 Å². The minimum atomic E-state index is -0.0324. The van der Waals surface area contributed by atoms with Crippen LogP contribution in [0, 0.1) is 46.3 Å². The smallest absolute Gasteiger partial charge is 0.0949 e. The molecule has 2 nitrogen and oxygen atoms in total. The third kappa shape index (κ3) is 2.00. The van der Waals surface area contributed by atoms with Crippen LogP contribution in [0.1, 0.15) is 58.3 Å². The van der Waals surface area contributed by atoms with Crippen LogP contribution in [0.3, 0.4) is 0 Å². The minimum Gasteiger partial charge on any atom is -0.393 e. The van der Waals surface area contributed by atoms with Crippen LogP contribution >= 0.6 is 0 Å². The van der Waals surface area contributed by atoms with E-state index in [-0.39, 0.29) is 11.5 Å². The Hall–Kier alpha value is -0.810. The lowest BCUT2D eigenvalue weighted by atomic mass is 9.51. The molecule has 0 aliphatic heterocycles. The van der Waals surface area contributed by atoms with E-state index in [1.165, 1.54) is 32.1 Å². The molecule has 7 atom stereocenters. The van der Waals surface area contributed by atoms with Gasteiger partial charge in [-0.2, -0.15) is 5.26 Å². The maximum atomic E-state index is 9.96. The molecule has 0 bridgehead atoms. The molecule has 0 unspecified atom stereocenters. The Kier molecular flexibility index (Phi) is 3.19. The van der Waals surface area contributed by atoms with Gasteiger partial charge in [-0.1, -0.05) is 13.0 Å². The van der Waals surface area contributed by atoms with Gasteiger partial charge < -0.3 is 5.11 Å². The highest BCUT2D eigenvalue weighted by molar-refractivity contribution is 5.35. The normalized spacial score (nSPS) is 52.1. The fraction of sp³-hybridized carbons (Fsp3) is 0.842. The number of allylic oxidation sites excluding steroid dienone is 2. The quantitative estimate of drug-likeness (QED) is 0.729. The SMILES string of the molecule is C[C@@]12CC[C@H]3C[C@H]4C[C@H](O)CC[C@@H]4C[C@@H]3[C@H]1CC=C2C#N.